The molecule has 0 spiro atoms. The van der Waals surface area contributed by atoms with Crippen molar-refractivity contribution in [2.45, 2.75) is 25.2 Å². The van der Waals surface area contributed by atoms with Gasteiger partial charge >= 0.3 is 0 Å². The molecule has 148 valence electrons. The van der Waals surface area contributed by atoms with Gasteiger partial charge in [-0.05, 0) is 52.0 Å². The highest BCUT2D eigenvalue weighted by Crippen LogP contribution is 2.31. The third-order valence-corrected chi connectivity index (χ3v) is 6.29. The first kappa shape index (κ1) is 23.6. The lowest BCUT2D eigenvalue weighted by atomic mass is 10.1. The molecule has 0 saturated carbocycles. The van der Waals surface area contributed by atoms with Crippen LogP contribution in [-0.4, -0.2) is 39.9 Å². The van der Waals surface area contributed by atoms with Gasteiger partial charge < -0.3 is 10.4 Å². The minimum Gasteiger partial charge on any atom is -0.371 e. The van der Waals surface area contributed by atoms with Crippen LogP contribution in [0.25, 0.3) is 10.4 Å². The normalized spacial score (nSPS) is 12.4. The molecule has 1 atom stereocenters. The van der Waals surface area contributed by atoms with Crippen molar-refractivity contribution in [3.05, 3.63) is 45.7 Å². The molecule has 0 fully saturated rings. The summed E-state index contributed by atoms with van der Waals surface area (Å²) < 4.78 is 1.04. The molecule has 0 radical (unpaired) electrons. The second-order valence-electron chi connectivity index (χ2n) is 5.12. The highest BCUT2D eigenvalue weighted by atomic mass is 79.9. The first-order valence-electron chi connectivity index (χ1n) is 8.25. The summed E-state index contributed by atoms with van der Waals surface area (Å²) >= 11 is 5.91. The van der Waals surface area contributed by atoms with Crippen LogP contribution in [0.1, 0.15) is 30.6 Å². The van der Waals surface area contributed by atoms with Crippen LogP contribution in [0.3, 0.4) is 0 Å². The number of carbonyl (C=O) groups is 2. The van der Waals surface area contributed by atoms with Crippen LogP contribution in [-0.2, 0) is 4.79 Å². The minimum absolute atomic E-state index is 0.0341. The Morgan fingerprint density at radius 2 is 1.81 bits per heavy atom. The summed E-state index contributed by atoms with van der Waals surface area (Å²) in [5.41, 5.74) is 2.93. The predicted molar refractivity (Wildman–Crippen MR) is 114 cm³/mol. The molecule has 1 unspecified atom stereocenters. The third kappa shape index (κ3) is 6.62. The van der Waals surface area contributed by atoms with E-state index >= 15 is 0 Å². The summed E-state index contributed by atoms with van der Waals surface area (Å²) in [7, 11) is 0. The Bertz CT molecular complexity index is 752. The van der Waals surface area contributed by atoms with Crippen molar-refractivity contribution in [3.8, 4) is 10.4 Å². The van der Waals surface area contributed by atoms with Gasteiger partial charge in [0.05, 0.1) is 3.79 Å². The number of thioether (sulfide) groups is 1. The molecule has 0 aliphatic heterocycles. The Morgan fingerprint density at radius 3 is 2.30 bits per heavy atom. The Labute approximate surface area is 175 Å². The predicted octanol–water partition coefficient (Wildman–Crippen LogP) is 3.88. The molecule has 2 amide bonds. The summed E-state index contributed by atoms with van der Waals surface area (Å²) in [6, 6.07) is 11.1. The van der Waals surface area contributed by atoms with Crippen LogP contribution in [0.15, 0.2) is 40.2 Å². The number of benzene rings is 1. The molecule has 1 aromatic carbocycles. The average Bonchev–Trinajstić information content (AvgIpc) is 3.15. The summed E-state index contributed by atoms with van der Waals surface area (Å²) in [6.07, 6.45) is 1.51. The van der Waals surface area contributed by atoms with Gasteiger partial charge in [-0.1, -0.05) is 26.0 Å². The van der Waals surface area contributed by atoms with Crippen molar-refractivity contribution >= 4 is 50.8 Å². The highest BCUT2D eigenvalue weighted by Gasteiger charge is 2.34. The quantitative estimate of drug-likeness (QED) is 0.277. The van der Waals surface area contributed by atoms with Crippen molar-refractivity contribution < 1.29 is 19.9 Å². The zero-order chi connectivity index (χ0) is 20.4. The van der Waals surface area contributed by atoms with Gasteiger partial charge in [0.15, 0.2) is 4.93 Å². The fourth-order valence-corrected chi connectivity index (χ4v) is 4.03. The van der Waals surface area contributed by atoms with Crippen molar-refractivity contribution in [3.63, 3.8) is 0 Å². The highest BCUT2D eigenvalue weighted by molar-refractivity contribution is 9.11. The average molecular weight is 475 g/mol. The van der Waals surface area contributed by atoms with E-state index in [0.717, 1.165) is 26.0 Å². The lowest BCUT2D eigenvalue weighted by Gasteiger charge is -2.23. The van der Waals surface area contributed by atoms with Crippen LogP contribution in [0.5, 0.6) is 0 Å². The molecular formula is C18H23BrN2O4S2. The summed E-state index contributed by atoms with van der Waals surface area (Å²) in [5.74, 6) is -1.22. The van der Waals surface area contributed by atoms with E-state index in [2.05, 4.69) is 21.2 Å². The maximum atomic E-state index is 12.2. The summed E-state index contributed by atoms with van der Waals surface area (Å²) in [6.45, 7) is 4.09. The number of hydrogen-bond acceptors (Lipinski definition) is 6. The van der Waals surface area contributed by atoms with Crippen LogP contribution < -0.4 is 10.8 Å². The van der Waals surface area contributed by atoms with Gasteiger partial charge in [-0.15, -0.1) is 23.1 Å². The van der Waals surface area contributed by atoms with E-state index in [1.165, 1.54) is 5.48 Å². The number of nitrogens with one attached hydrogen (secondary N) is 2. The van der Waals surface area contributed by atoms with Crippen molar-refractivity contribution in [1.82, 2.24) is 10.8 Å². The van der Waals surface area contributed by atoms with Crippen molar-refractivity contribution in [1.29, 1.82) is 0 Å². The van der Waals surface area contributed by atoms with Crippen LogP contribution in [0, 0.1) is 0 Å². The summed E-state index contributed by atoms with van der Waals surface area (Å²) in [5, 5.41) is 21.4. The molecule has 6 nitrogen and oxygen atoms in total. The molecule has 27 heavy (non-hydrogen) atoms. The lowest BCUT2D eigenvalue weighted by molar-refractivity contribution is -0.140. The van der Waals surface area contributed by atoms with Crippen molar-refractivity contribution in [2.75, 3.05) is 12.8 Å². The Balaban J connectivity index is 0.00000176. The molecule has 0 aliphatic carbocycles. The van der Waals surface area contributed by atoms with Crippen LogP contribution in [0.2, 0.25) is 0 Å². The molecule has 1 heterocycles. The van der Waals surface area contributed by atoms with Gasteiger partial charge in [-0.2, -0.15) is 0 Å². The van der Waals surface area contributed by atoms with Gasteiger partial charge in [0.1, 0.15) is 0 Å². The van der Waals surface area contributed by atoms with Crippen molar-refractivity contribution in [2.24, 2.45) is 0 Å². The SMILES string of the molecule is CC.CSC(O)(CCNC(=O)c1ccc(-c2ccc(Br)s2)cc1)C(=O)NO. The molecule has 0 bridgehead atoms. The first-order chi connectivity index (χ1) is 12.9. The minimum atomic E-state index is -1.79. The van der Waals surface area contributed by atoms with Crippen LogP contribution in [0.4, 0.5) is 0 Å². The standard InChI is InChI=1S/C16H17BrN2O4S2.C2H6/c1-24-16(22,15(21)19-23)8-9-18-14(20)11-4-2-10(3-5-11)12-6-7-13(17)25-12;1-2/h2-7,22-23H,8-9H2,1H3,(H,18,20)(H,19,21);1-2H3. The molecule has 9 heteroatoms. The second-order valence-corrected chi connectivity index (χ2v) is 8.66. The zero-order valence-electron chi connectivity index (χ0n) is 15.3. The lowest BCUT2D eigenvalue weighted by Crippen LogP contribution is -2.45. The number of carbonyl (C=O) groups excluding carboxylic acids is 2. The van der Waals surface area contributed by atoms with Gasteiger partial charge in [0.2, 0.25) is 0 Å². The van der Waals surface area contributed by atoms with Crippen LogP contribution >= 0.6 is 39.0 Å². The number of aliphatic hydroxyl groups is 1. The second kappa shape index (κ2) is 11.5. The monoisotopic (exact) mass is 474 g/mol. The molecule has 2 rings (SSSR count). The molecule has 0 saturated heterocycles. The largest absolute Gasteiger partial charge is 0.371 e. The topological polar surface area (TPSA) is 98.7 Å². The van der Waals surface area contributed by atoms with E-state index in [1.807, 2.05) is 38.1 Å². The molecule has 2 aromatic rings. The molecular weight excluding hydrogens is 452 g/mol. The number of hydrogen-bond donors (Lipinski definition) is 4. The molecule has 4 N–H and O–H groups in total. The smallest absolute Gasteiger partial charge is 0.285 e. The van der Waals surface area contributed by atoms with E-state index in [-0.39, 0.29) is 18.9 Å². The summed E-state index contributed by atoms with van der Waals surface area (Å²) in [4.78, 5) is 22.9. The van der Waals surface area contributed by atoms with E-state index in [4.69, 9.17) is 5.21 Å². The van der Waals surface area contributed by atoms with Gasteiger partial charge in [-0.3, -0.25) is 14.8 Å². The van der Waals surface area contributed by atoms with E-state index in [1.54, 1.807) is 29.7 Å². The van der Waals surface area contributed by atoms with Gasteiger partial charge in [0.25, 0.3) is 11.8 Å². The van der Waals surface area contributed by atoms with E-state index in [9.17, 15) is 14.7 Å². The van der Waals surface area contributed by atoms with Gasteiger partial charge in [0, 0.05) is 23.4 Å². The van der Waals surface area contributed by atoms with Gasteiger partial charge in [-0.25, -0.2) is 5.48 Å². The Morgan fingerprint density at radius 1 is 1.19 bits per heavy atom. The Hall–Kier alpha value is -1.39. The third-order valence-electron chi connectivity index (χ3n) is 3.55. The number of halogens is 1. The fourth-order valence-electron chi connectivity index (χ4n) is 2.10. The Kier molecular flexibility index (Phi) is 10.0. The zero-order valence-corrected chi connectivity index (χ0v) is 18.5. The number of hydroxylamine groups is 1. The van der Waals surface area contributed by atoms with E-state index in [0.29, 0.717) is 5.56 Å². The maximum Gasteiger partial charge on any atom is 0.285 e. The van der Waals surface area contributed by atoms with E-state index < -0.39 is 10.8 Å². The fraction of sp³-hybridized carbons (Fsp3) is 0.333. The first-order valence-corrected chi connectivity index (χ1v) is 11.1. The maximum absolute atomic E-state index is 12.2. The molecule has 1 aromatic heterocycles. The number of thiophene rings is 1. The molecule has 0 aliphatic rings. The number of amides is 2. The number of rotatable bonds is 7.